The Morgan fingerprint density at radius 3 is 2.63 bits per heavy atom. The number of carbonyl (C=O) groups is 1. The second-order valence-electron chi connectivity index (χ2n) is 8.12. The van der Waals surface area contributed by atoms with Gasteiger partial charge in [0.25, 0.3) is 5.56 Å². The number of fused-ring (bicyclic) bond motifs is 3. The van der Waals surface area contributed by atoms with E-state index in [1.165, 1.54) is 52.9 Å². The number of halogens is 1. The Kier molecular flexibility index (Phi) is 5.50. The molecule has 156 valence electrons. The maximum atomic E-state index is 13.6. The van der Waals surface area contributed by atoms with E-state index in [0.29, 0.717) is 10.7 Å². The lowest BCUT2D eigenvalue weighted by atomic mass is 9.97. The number of ketones is 1. The van der Waals surface area contributed by atoms with E-state index in [0.717, 1.165) is 55.2 Å². The van der Waals surface area contributed by atoms with Gasteiger partial charge in [-0.1, -0.05) is 24.6 Å². The van der Waals surface area contributed by atoms with Gasteiger partial charge in [-0.25, -0.2) is 9.37 Å². The van der Waals surface area contributed by atoms with Crippen LogP contribution in [0.1, 0.15) is 65.4 Å². The zero-order valence-corrected chi connectivity index (χ0v) is 18.3. The highest BCUT2D eigenvalue weighted by Crippen LogP contribution is 2.37. The number of carbonyl (C=O) groups excluding carboxylic acids is 1. The number of aromatic nitrogens is 2. The molecular formula is C23H23FN2O2S2. The monoisotopic (exact) mass is 442 g/mol. The maximum absolute atomic E-state index is 13.6. The average molecular weight is 443 g/mol. The van der Waals surface area contributed by atoms with Crippen molar-refractivity contribution in [2.45, 2.75) is 62.6 Å². The molecule has 0 atom stereocenters. The molecule has 7 heteroatoms. The molecule has 3 aromatic rings. The summed E-state index contributed by atoms with van der Waals surface area (Å²) in [6.45, 7) is 0. The molecule has 2 heterocycles. The van der Waals surface area contributed by atoms with Gasteiger partial charge in [0, 0.05) is 16.5 Å². The number of thiophene rings is 1. The predicted molar refractivity (Wildman–Crippen MR) is 119 cm³/mol. The van der Waals surface area contributed by atoms with Gasteiger partial charge in [-0.15, -0.1) is 11.3 Å². The third-order valence-corrected chi connectivity index (χ3v) is 8.32. The fourth-order valence-corrected chi connectivity index (χ4v) is 6.90. The average Bonchev–Trinajstić information content (AvgIpc) is 3.40. The van der Waals surface area contributed by atoms with Gasteiger partial charge in [0.2, 0.25) is 0 Å². The van der Waals surface area contributed by atoms with E-state index in [1.54, 1.807) is 11.3 Å². The first-order chi connectivity index (χ1) is 14.6. The van der Waals surface area contributed by atoms with Crippen molar-refractivity contribution in [3.63, 3.8) is 0 Å². The number of hydrogen-bond acceptors (Lipinski definition) is 5. The van der Waals surface area contributed by atoms with Crippen LogP contribution >= 0.6 is 23.1 Å². The molecule has 1 aromatic carbocycles. The normalized spacial score (nSPS) is 16.8. The number of nitrogens with zero attached hydrogens (tertiary/aromatic N) is 2. The number of Topliss-reactive ketones (excluding diaryl/α,β-unsaturated/α-hetero) is 1. The van der Waals surface area contributed by atoms with E-state index in [4.69, 9.17) is 4.98 Å². The van der Waals surface area contributed by atoms with E-state index in [1.807, 2.05) is 4.57 Å². The highest BCUT2D eigenvalue weighted by atomic mass is 32.2. The molecule has 2 aliphatic carbocycles. The van der Waals surface area contributed by atoms with Gasteiger partial charge in [0.05, 0.1) is 11.1 Å². The van der Waals surface area contributed by atoms with Crippen LogP contribution in [0.15, 0.2) is 34.2 Å². The van der Waals surface area contributed by atoms with Crippen molar-refractivity contribution < 1.29 is 9.18 Å². The molecule has 1 fully saturated rings. The Hall–Kier alpha value is -1.99. The molecule has 0 bridgehead atoms. The summed E-state index contributed by atoms with van der Waals surface area (Å²) in [5.41, 5.74) is 1.76. The zero-order valence-electron chi connectivity index (χ0n) is 16.7. The molecule has 0 amide bonds. The van der Waals surface area contributed by atoms with Crippen molar-refractivity contribution in [3.05, 3.63) is 56.4 Å². The van der Waals surface area contributed by atoms with Crippen LogP contribution in [0.4, 0.5) is 4.39 Å². The van der Waals surface area contributed by atoms with Gasteiger partial charge in [-0.05, 0) is 68.4 Å². The first-order valence-electron chi connectivity index (χ1n) is 10.6. The Balaban J connectivity index is 1.53. The standard InChI is InChI=1S/C23H23FN2O2S2/c24-15-11-9-14(10-12-15)18(27)13-29-23-25-21-20(17-7-3-4-8-19(17)30-21)22(28)26(23)16-5-1-2-6-16/h9-12,16H,1-8,13H2. The Morgan fingerprint density at radius 2 is 1.87 bits per heavy atom. The third-order valence-electron chi connectivity index (χ3n) is 6.18. The molecular weight excluding hydrogens is 419 g/mol. The van der Waals surface area contributed by atoms with Crippen molar-refractivity contribution in [3.8, 4) is 0 Å². The van der Waals surface area contributed by atoms with Crippen LogP contribution in [-0.4, -0.2) is 21.1 Å². The molecule has 0 aliphatic heterocycles. The van der Waals surface area contributed by atoms with E-state index < -0.39 is 0 Å². The van der Waals surface area contributed by atoms with Crippen molar-refractivity contribution in [2.75, 3.05) is 5.75 Å². The van der Waals surface area contributed by atoms with Crippen LogP contribution in [0.2, 0.25) is 0 Å². The van der Waals surface area contributed by atoms with E-state index in [9.17, 15) is 14.0 Å². The molecule has 2 aliphatic rings. The van der Waals surface area contributed by atoms with Gasteiger partial charge >= 0.3 is 0 Å². The quantitative estimate of drug-likeness (QED) is 0.295. The lowest BCUT2D eigenvalue weighted by molar-refractivity contribution is 0.102. The van der Waals surface area contributed by atoms with Crippen molar-refractivity contribution in [1.29, 1.82) is 0 Å². The predicted octanol–water partition coefficient (Wildman–Crippen LogP) is 5.57. The molecule has 1 saturated carbocycles. The highest BCUT2D eigenvalue weighted by Gasteiger charge is 2.27. The Bertz CT molecular complexity index is 1160. The zero-order chi connectivity index (χ0) is 20.7. The highest BCUT2D eigenvalue weighted by molar-refractivity contribution is 7.99. The van der Waals surface area contributed by atoms with Gasteiger partial charge in [-0.3, -0.25) is 14.2 Å². The first-order valence-corrected chi connectivity index (χ1v) is 12.4. The fraction of sp³-hybridized carbons (Fsp3) is 0.435. The molecule has 0 unspecified atom stereocenters. The van der Waals surface area contributed by atoms with Crippen molar-refractivity contribution in [1.82, 2.24) is 9.55 Å². The minimum Gasteiger partial charge on any atom is -0.293 e. The Morgan fingerprint density at radius 1 is 1.13 bits per heavy atom. The Labute approximate surface area is 182 Å². The number of hydrogen-bond donors (Lipinski definition) is 0. The second kappa shape index (κ2) is 8.27. The summed E-state index contributed by atoms with van der Waals surface area (Å²) in [5, 5.41) is 1.46. The summed E-state index contributed by atoms with van der Waals surface area (Å²) in [5.74, 6) is -0.262. The molecule has 2 aromatic heterocycles. The summed E-state index contributed by atoms with van der Waals surface area (Å²) in [7, 11) is 0. The smallest absolute Gasteiger partial charge is 0.263 e. The minimum absolute atomic E-state index is 0.0723. The van der Waals surface area contributed by atoms with Crippen LogP contribution in [-0.2, 0) is 12.8 Å². The summed E-state index contributed by atoms with van der Waals surface area (Å²) in [6.07, 6.45) is 8.51. The van der Waals surface area contributed by atoms with Gasteiger partial charge in [0.15, 0.2) is 10.9 Å². The molecule has 0 spiro atoms. The van der Waals surface area contributed by atoms with E-state index >= 15 is 0 Å². The van der Waals surface area contributed by atoms with E-state index in [-0.39, 0.29) is 29.0 Å². The molecule has 0 radical (unpaired) electrons. The summed E-state index contributed by atoms with van der Waals surface area (Å²) >= 11 is 2.98. The number of benzene rings is 1. The van der Waals surface area contributed by atoms with Crippen LogP contribution in [0.3, 0.4) is 0 Å². The van der Waals surface area contributed by atoms with Crippen LogP contribution in [0.5, 0.6) is 0 Å². The molecule has 4 nitrogen and oxygen atoms in total. The summed E-state index contributed by atoms with van der Waals surface area (Å²) in [6, 6.07) is 5.77. The van der Waals surface area contributed by atoms with Gasteiger partial charge in [0.1, 0.15) is 10.6 Å². The van der Waals surface area contributed by atoms with Gasteiger partial charge in [-0.2, -0.15) is 0 Å². The van der Waals surface area contributed by atoms with Crippen molar-refractivity contribution >= 4 is 39.1 Å². The van der Waals surface area contributed by atoms with Crippen LogP contribution < -0.4 is 5.56 Å². The topological polar surface area (TPSA) is 52.0 Å². The molecule has 0 N–H and O–H groups in total. The lowest BCUT2D eigenvalue weighted by Gasteiger charge is -2.18. The minimum atomic E-state index is -0.358. The number of rotatable bonds is 5. The fourth-order valence-electron chi connectivity index (χ4n) is 4.63. The van der Waals surface area contributed by atoms with Crippen LogP contribution in [0, 0.1) is 5.82 Å². The largest absolute Gasteiger partial charge is 0.293 e. The number of aryl methyl sites for hydroxylation is 2. The van der Waals surface area contributed by atoms with Crippen molar-refractivity contribution in [2.24, 2.45) is 0 Å². The molecule has 30 heavy (non-hydrogen) atoms. The molecule has 5 rings (SSSR count). The van der Waals surface area contributed by atoms with Crippen LogP contribution in [0.25, 0.3) is 10.2 Å². The SMILES string of the molecule is O=C(CSc1nc2sc3c(c2c(=O)n1C1CCCC1)CCCC3)c1ccc(F)cc1. The lowest BCUT2D eigenvalue weighted by Crippen LogP contribution is -2.27. The second-order valence-corrected chi connectivity index (χ2v) is 10.1. The number of thioether (sulfide) groups is 1. The molecule has 0 saturated heterocycles. The first kappa shape index (κ1) is 19.9. The van der Waals surface area contributed by atoms with Gasteiger partial charge < -0.3 is 0 Å². The third kappa shape index (κ3) is 3.62. The summed E-state index contributed by atoms with van der Waals surface area (Å²) < 4.78 is 15.0. The summed E-state index contributed by atoms with van der Waals surface area (Å²) in [4.78, 5) is 33.2. The van der Waals surface area contributed by atoms with E-state index in [2.05, 4.69) is 0 Å². The maximum Gasteiger partial charge on any atom is 0.263 e.